The van der Waals surface area contributed by atoms with E-state index in [1.807, 2.05) is 30.5 Å². The van der Waals surface area contributed by atoms with E-state index in [2.05, 4.69) is 4.98 Å². The number of ether oxygens (including phenoxy) is 1. The van der Waals surface area contributed by atoms with Crippen LogP contribution in [0.25, 0.3) is 10.9 Å². The number of sulfonamides is 1. The normalized spacial score (nSPS) is 11.8. The molecule has 0 aliphatic rings. The van der Waals surface area contributed by atoms with Crippen LogP contribution in [0.2, 0.25) is 5.02 Å². The first kappa shape index (κ1) is 22.5. The molecule has 32 heavy (non-hydrogen) atoms. The van der Waals surface area contributed by atoms with Gasteiger partial charge >= 0.3 is 0 Å². The number of aromatic amines is 1. The number of fused-ring (bicyclic) bond motifs is 1. The second kappa shape index (κ2) is 9.46. The van der Waals surface area contributed by atoms with Crippen molar-refractivity contribution in [2.75, 3.05) is 6.61 Å². The van der Waals surface area contributed by atoms with Gasteiger partial charge in [0.25, 0.3) is 5.56 Å². The topological polar surface area (TPSA) is 79.5 Å². The second-order valence-corrected chi connectivity index (χ2v) is 10.4. The number of hydrogen-bond acceptors (Lipinski definition) is 5. The average molecular weight is 489 g/mol. The Labute approximate surface area is 195 Å². The predicted molar refractivity (Wildman–Crippen MR) is 128 cm³/mol. The van der Waals surface area contributed by atoms with Crippen LogP contribution < -0.4 is 10.3 Å². The summed E-state index contributed by atoms with van der Waals surface area (Å²) in [7, 11) is -3.96. The number of pyridine rings is 1. The van der Waals surface area contributed by atoms with E-state index in [1.165, 1.54) is 27.8 Å². The number of thiophene rings is 1. The largest absolute Gasteiger partial charge is 0.494 e. The van der Waals surface area contributed by atoms with Gasteiger partial charge in [-0.3, -0.25) is 4.79 Å². The summed E-state index contributed by atoms with van der Waals surface area (Å²) in [5.41, 5.74) is 0.645. The van der Waals surface area contributed by atoms with E-state index in [9.17, 15) is 13.2 Å². The molecule has 0 aliphatic heterocycles. The van der Waals surface area contributed by atoms with E-state index >= 15 is 0 Å². The molecule has 0 fully saturated rings. The summed E-state index contributed by atoms with van der Waals surface area (Å²) in [6.07, 6.45) is 0. The highest BCUT2D eigenvalue weighted by atomic mass is 35.5. The molecule has 9 heteroatoms. The minimum Gasteiger partial charge on any atom is -0.494 e. The van der Waals surface area contributed by atoms with Gasteiger partial charge in [0.2, 0.25) is 10.0 Å². The maximum Gasteiger partial charge on any atom is 0.252 e. The van der Waals surface area contributed by atoms with Crippen molar-refractivity contribution < 1.29 is 13.2 Å². The molecular formula is C23H21ClN2O4S2. The number of H-pyrrole nitrogens is 1. The van der Waals surface area contributed by atoms with Gasteiger partial charge in [-0.05, 0) is 54.8 Å². The molecule has 0 radical (unpaired) electrons. The van der Waals surface area contributed by atoms with Gasteiger partial charge in [0.05, 0.1) is 11.6 Å². The zero-order valence-electron chi connectivity index (χ0n) is 17.2. The quantitative estimate of drug-likeness (QED) is 0.377. The van der Waals surface area contributed by atoms with Crippen molar-refractivity contribution >= 4 is 43.9 Å². The fraction of sp³-hybridized carbons (Fsp3) is 0.174. The highest BCUT2D eigenvalue weighted by Gasteiger charge is 2.28. The minimum absolute atomic E-state index is 0.00840. The van der Waals surface area contributed by atoms with Gasteiger partial charge in [-0.1, -0.05) is 29.8 Å². The predicted octanol–water partition coefficient (Wildman–Crippen LogP) is 5.03. The maximum absolute atomic E-state index is 13.5. The van der Waals surface area contributed by atoms with Crippen LogP contribution in [0.4, 0.5) is 0 Å². The lowest BCUT2D eigenvalue weighted by atomic mass is 10.1. The zero-order valence-corrected chi connectivity index (χ0v) is 19.6. The van der Waals surface area contributed by atoms with Crippen LogP contribution in [0.1, 0.15) is 17.4 Å². The maximum atomic E-state index is 13.5. The van der Waals surface area contributed by atoms with Crippen LogP contribution in [0.15, 0.2) is 75.7 Å². The lowest BCUT2D eigenvalue weighted by Crippen LogP contribution is -2.32. The van der Waals surface area contributed by atoms with Gasteiger partial charge in [0, 0.05) is 34.4 Å². The minimum atomic E-state index is -3.96. The van der Waals surface area contributed by atoms with Crippen LogP contribution in [0.5, 0.6) is 5.75 Å². The van der Waals surface area contributed by atoms with Crippen molar-refractivity contribution in [1.82, 2.24) is 9.29 Å². The molecule has 0 saturated heterocycles. The Morgan fingerprint density at radius 2 is 1.88 bits per heavy atom. The lowest BCUT2D eigenvalue weighted by molar-refractivity contribution is 0.340. The summed E-state index contributed by atoms with van der Waals surface area (Å²) in [6.45, 7) is 2.44. The molecule has 2 heterocycles. The third-order valence-electron chi connectivity index (χ3n) is 4.92. The Balaban J connectivity index is 1.77. The molecule has 1 N–H and O–H groups in total. The number of rotatable bonds is 8. The first-order valence-electron chi connectivity index (χ1n) is 9.94. The molecule has 2 aromatic carbocycles. The summed E-state index contributed by atoms with van der Waals surface area (Å²) in [5.74, 6) is 0.678. The standard InChI is InChI=1S/C23H21ClN2O4S2/c1-2-30-18-9-10-21-16(13-18)12-17(23(27)25-21)14-26(15-19-6-5-11-31-19)32(28,29)22-8-4-3-7-20(22)24/h3-13H,2,14-15H2,1H3,(H,25,27). The summed E-state index contributed by atoms with van der Waals surface area (Å²) in [4.78, 5) is 16.5. The van der Waals surface area contributed by atoms with E-state index in [1.54, 1.807) is 30.3 Å². The first-order chi connectivity index (χ1) is 15.4. The van der Waals surface area contributed by atoms with Crippen LogP contribution in [-0.4, -0.2) is 24.3 Å². The molecule has 0 bridgehead atoms. The Kier molecular flexibility index (Phi) is 6.66. The molecule has 166 valence electrons. The molecule has 0 atom stereocenters. The number of nitrogens with one attached hydrogen (secondary N) is 1. The molecule has 6 nitrogen and oxygen atoms in total. The fourth-order valence-corrected chi connectivity index (χ4v) is 6.08. The number of nitrogens with zero attached hydrogens (tertiary/aromatic N) is 1. The monoisotopic (exact) mass is 488 g/mol. The zero-order chi connectivity index (χ0) is 22.7. The van der Waals surface area contributed by atoms with Crippen molar-refractivity contribution in [2.45, 2.75) is 24.9 Å². The highest BCUT2D eigenvalue weighted by Crippen LogP contribution is 2.28. The van der Waals surface area contributed by atoms with Gasteiger partial charge in [-0.25, -0.2) is 8.42 Å². The molecule has 0 unspecified atom stereocenters. The van der Waals surface area contributed by atoms with E-state index in [-0.39, 0.29) is 28.6 Å². The van der Waals surface area contributed by atoms with Gasteiger partial charge < -0.3 is 9.72 Å². The van der Waals surface area contributed by atoms with Crippen molar-refractivity contribution in [3.63, 3.8) is 0 Å². The van der Waals surface area contributed by atoms with Gasteiger partial charge in [0.15, 0.2) is 0 Å². The van der Waals surface area contributed by atoms with Crippen molar-refractivity contribution in [2.24, 2.45) is 0 Å². The molecular weight excluding hydrogens is 468 g/mol. The SMILES string of the molecule is CCOc1ccc2[nH]c(=O)c(CN(Cc3cccs3)S(=O)(=O)c3ccccc3Cl)cc2c1. The molecule has 2 aromatic heterocycles. The van der Waals surface area contributed by atoms with Crippen molar-refractivity contribution in [3.8, 4) is 5.75 Å². The fourth-order valence-electron chi connectivity index (χ4n) is 3.39. The van der Waals surface area contributed by atoms with Gasteiger partial charge in [-0.15, -0.1) is 11.3 Å². The van der Waals surface area contributed by atoms with Gasteiger partial charge in [-0.2, -0.15) is 4.31 Å². The Morgan fingerprint density at radius 1 is 1.06 bits per heavy atom. The number of halogens is 1. The molecule has 0 spiro atoms. The molecule has 0 amide bonds. The van der Waals surface area contributed by atoms with Crippen LogP contribution in [0.3, 0.4) is 0 Å². The molecule has 4 rings (SSSR count). The van der Waals surface area contributed by atoms with E-state index < -0.39 is 10.0 Å². The van der Waals surface area contributed by atoms with Gasteiger partial charge in [0.1, 0.15) is 10.6 Å². The number of benzene rings is 2. The van der Waals surface area contributed by atoms with Crippen LogP contribution in [0, 0.1) is 0 Å². The smallest absolute Gasteiger partial charge is 0.252 e. The third kappa shape index (κ3) is 4.73. The third-order valence-corrected chi connectivity index (χ3v) is 8.07. The molecule has 4 aromatic rings. The second-order valence-electron chi connectivity index (χ2n) is 7.09. The Hall–Kier alpha value is -2.65. The first-order valence-corrected chi connectivity index (χ1v) is 12.6. The average Bonchev–Trinajstić information content (AvgIpc) is 3.27. The number of hydrogen-bond donors (Lipinski definition) is 1. The van der Waals surface area contributed by atoms with Crippen molar-refractivity contribution in [1.29, 1.82) is 0 Å². The summed E-state index contributed by atoms with van der Waals surface area (Å²) in [6, 6.07) is 17.1. The van der Waals surface area contributed by atoms with Crippen molar-refractivity contribution in [3.05, 3.63) is 91.9 Å². The lowest BCUT2D eigenvalue weighted by Gasteiger charge is -2.22. The number of aromatic nitrogens is 1. The van der Waals surface area contributed by atoms with Crippen LogP contribution >= 0.6 is 22.9 Å². The Bertz CT molecular complexity index is 1400. The summed E-state index contributed by atoms with van der Waals surface area (Å²) >= 11 is 7.66. The van der Waals surface area contributed by atoms with E-state index in [0.717, 1.165) is 10.3 Å². The molecule has 0 saturated carbocycles. The van der Waals surface area contributed by atoms with E-state index in [0.29, 0.717) is 23.4 Å². The summed E-state index contributed by atoms with van der Waals surface area (Å²) in [5, 5.41) is 2.78. The summed E-state index contributed by atoms with van der Waals surface area (Å²) < 4.78 is 33.9. The highest BCUT2D eigenvalue weighted by molar-refractivity contribution is 7.89. The van der Waals surface area contributed by atoms with E-state index in [4.69, 9.17) is 16.3 Å². The Morgan fingerprint density at radius 3 is 2.59 bits per heavy atom. The van der Waals surface area contributed by atoms with Crippen LogP contribution in [-0.2, 0) is 23.1 Å². The molecule has 0 aliphatic carbocycles.